The molecule has 2 N–H and O–H groups in total. The van der Waals surface area contributed by atoms with Gasteiger partial charge >= 0.3 is 0 Å². The van der Waals surface area contributed by atoms with Crippen molar-refractivity contribution in [2.75, 3.05) is 26.2 Å². The van der Waals surface area contributed by atoms with Crippen molar-refractivity contribution >= 4 is 29.9 Å². The first kappa shape index (κ1) is 17.7. The first-order chi connectivity index (χ1) is 10.7. The van der Waals surface area contributed by atoms with Crippen LogP contribution in [0.25, 0.3) is 0 Å². The molecule has 0 aromatic heterocycles. The average Bonchev–Trinajstić information content (AvgIpc) is 2.88. The van der Waals surface area contributed by atoms with Crippen LogP contribution in [-0.4, -0.2) is 60.5 Å². The Morgan fingerprint density at radius 1 is 1.30 bits per heavy atom. The summed E-state index contributed by atoms with van der Waals surface area (Å²) in [5.41, 5.74) is 0.394. The lowest BCUT2D eigenvalue weighted by Crippen LogP contribution is -2.72. The number of hydrogen-bond donors (Lipinski definition) is 2. The van der Waals surface area contributed by atoms with E-state index in [-0.39, 0.29) is 30.1 Å². The Kier molecular flexibility index (Phi) is 5.43. The molecule has 0 bridgehead atoms. The van der Waals surface area contributed by atoms with Crippen molar-refractivity contribution in [3.8, 4) is 0 Å². The number of guanidine groups is 1. The third-order valence-electron chi connectivity index (χ3n) is 6.39. The minimum absolute atomic E-state index is 0. The molecule has 0 aromatic rings. The van der Waals surface area contributed by atoms with Crippen molar-refractivity contribution in [2.45, 2.75) is 63.7 Å². The monoisotopic (exact) mass is 435 g/mol. The van der Waals surface area contributed by atoms with Gasteiger partial charge in [-0.15, -0.1) is 24.0 Å². The molecule has 1 spiro atoms. The predicted octanol–water partition coefficient (Wildman–Crippen LogP) is 1.98. The van der Waals surface area contributed by atoms with Crippen LogP contribution >= 0.6 is 24.0 Å². The second-order valence-electron chi connectivity index (χ2n) is 7.47. The molecular weight excluding hydrogens is 405 g/mol. The highest BCUT2D eigenvalue weighted by atomic mass is 127. The summed E-state index contributed by atoms with van der Waals surface area (Å²) < 4.78 is 6.01. The van der Waals surface area contributed by atoms with Crippen molar-refractivity contribution in [1.82, 2.24) is 10.2 Å². The number of ether oxygens (including phenoxy) is 1. The fraction of sp³-hybridized carbons (Fsp3) is 0.941. The number of aliphatic hydroxyl groups is 1. The van der Waals surface area contributed by atoms with Gasteiger partial charge in [0.2, 0.25) is 0 Å². The van der Waals surface area contributed by atoms with E-state index in [1.807, 2.05) is 0 Å². The quantitative estimate of drug-likeness (QED) is 0.396. The molecule has 3 unspecified atom stereocenters. The van der Waals surface area contributed by atoms with E-state index in [9.17, 15) is 5.11 Å². The van der Waals surface area contributed by atoms with Crippen LogP contribution in [0.3, 0.4) is 0 Å². The lowest BCUT2D eigenvalue weighted by Gasteiger charge is -2.63. The molecule has 23 heavy (non-hydrogen) atoms. The molecule has 2 saturated carbocycles. The Bertz CT molecular complexity index is 447. The highest BCUT2D eigenvalue weighted by molar-refractivity contribution is 14.0. The van der Waals surface area contributed by atoms with Crippen LogP contribution in [0.2, 0.25) is 0 Å². The third kappa shape index (κ3) is 2.88. The van der Waals surface area contributed by atoms with E-state index in [2.05, 4.69) is 17.1 Å². The third-order valence-corrected chi connectivity index (χ3v) is 6.39. The minimum Gasteiger partial charge on any atom is -0.393 e. The highest BCUT2D eigenvalue weighted by Crippen LogP contribution is 2.62. The van der Waals surface area contributed by atoms with Crippen LogP contribution in [0.15, 0.2) is 4.99 Å². The highest BCUT2D eigenvalue weighted by Gasteiger charge is 2.66. The van der Waals surface area contributed by atoms with E-state index in [0.717, 1.165) is 45.0 Å². The molecule has 2 aliphatic carbocycles. The van der Waals surface area contributed by atoms with E-state index >= 15 is 0 Å². The number of fused-ring (bicyclic) bond motifs is 2. The van der Waals surface area contributed by atoms with Crippen molar-refractivity contribution in [3.05, 3.63) is 0 Å². The standard InChI is InChI=1S/C17H29N3O2.HI/c1-2-18-16(20-9-4-12(21)5-10-20)19-14-13-6-11-22-15(13)17(14)7-3-8-17;/h12-15,21H,2-11H2,1H3,(H,18,19);1H. The molecule has 2 aliphatic heterocycles. The summed E-state index contributed by atoms with van der Waals surface area (Å²) in [5, 5.41) is 13.5. The van der Waals surface area contributed by atoms with Crippen molar-refractivity contribution in [1.29, 1.82) is 0 Å². The fourth-order valence-corrected chi connectivity index (χ4v) is 5.06. The number of piperidine rings is 1. The van der Waals surface area contributed by atoms with Crippen molar-refractivity contribution in [3.63, 3.8) is 0 Å². The Balaban J connectivity index is 0.00000156. The van der Waals surface area contributed by atoms with Crippen LogP contribution < -0.4 is 5.32 Å². The summed E-state index contributed by atoms with van der Waals surface area (Å²) >= 11 is 0. The molecule has 5 nitrogen and oxygen atoms in total. The van der Waals surface area contributed by atoms with E-state index in [1.165, 1.54) is 25.7 Å². The lowest BCUT2D eigenvalue weighted by atomic mass is 9.46. The maximum Gasteiger partial charge on any atom is 0.194 e. The largest absolute Gasteiger partial charge is 0.393 e. The Labute approximate surface area is 156 Å². The number of halogens is 1. The van der Waals surface area contributed by atoms with Crippen LogP contribution in [0, 0.1) is 11.3 Å². The predicted molar refractivity (Wildman–Crippen MR) is 101 cm³/mol. The smallest absolute Gasteiger partial charge is 0.194 e. The van der Waals surface area contributed by atoms with Gasteiger partial charge in [-0.3, -0.25) is 4.99 Å². The van der Waals surface area contributed by atoms with Gasteiger partial charge in [0.25, 0.3) is 0 Å². The molecule has 6 heteroatoms. The molecule has 0 radical (unpaired) electrons. The van der Waals surface area contributed by atoms with Gasteiger partial charge in [0.1, 0.15) is 0 Å². The van der Waals surface area contributed by atoms with E-state index < -0.39 is 0 Å². The molecule has 3 atom stereocenters. The topological polar surface area (TPSA) is 57.1 Å². The van der Waals surface area contributed by atoms with Crippen LogP contribution in [-0.2, 0) is 4.74 Å². The number of rotatable bonds is 2. The zero-order valence-electron chi connectivity index (χ0n) is 14.0. The van der Waals surface area contributed by atoms with E-state index in [0.29, 0.717) is 23.5 Å². The number of nitrogens with zero attached hydrogens (tertiary/aromatic N) is 2. The maximum absolute atomic E-state index is 9.73. The molecule has 0 aromatic carbocycles. The molecular formula is C17H30IN3O2. The summed E-state index contributed by atoms with van der Waals surface area (Å²) in [6.45, 7) is 5.67. The van der Waals surface area contributed by atoms with Gasteiger partial charge in [-0.1, -0.05) is 6.42 Å². The summed E-state index contributed by atoms with van der Waals surface area (Å²) in [5.74, 6) is 1.74. The summed E-state index contributed by atoms with van der Waals surface area (Å²) in [7, 11) is 0. The van der Waals surface area contributed by atoms with Gasteiger partial charge in [-0.25, -0.2) is 0 Å². The lowest BCUT2D eigenvalue weighted by molar-refractivity contribution is -0.171. The maximum atomic E-state index is 9.73. The number of nitrogens with one attached hydrogen (secondary N) is 1. The van der Waals surface area contributed by atoms with Gasteiger partial charge < -0.3 is 20.1 Å². The molecule has 2 saturated heterocycles. The number of hydrogen-bond acceptors (Lipinski definition) is 3. The van der Waals surface area contributed by atoms with Crippen LogP contribution in [0.4, 0.5) is 0 Å². The number of likely N-dealkylation sites (tertiary alicyclic amines) is 1. The Morgan fingerprint density at radius 3 is 2.65 bits per heavy atom. The van der Waals surface area contributed by atoms with Gasteiger partial charge in [0.05, 0.1) is 12.2 Å². The molecule has 4 fully saturated rings. The van der Waals surface area contributed by atoms with Gasteiger partial charge in [0, 0.05) is 43.6 Å². The van der Waals surface area contributed by atoms with Crippen molar-refractivity contribution in [2.24, 2.45) is 16.3 Å². The van der Waals surface area contributed by atoms with Crippen molar-refractivity contribution < 1.29 is 9.84 Å². The molecule has 132 valence electrons. The minimum atomic E-state index is -0.131. The summed E-state index contributed by atoms with van der Waals surface area (Å²) in [4.78, 5) is 7.08. The summed E-state index contributed by atoms with van der Waals surface area (Å²) in [6.07, 6.45) is 7.25. The zero-order valence-corrected chi connectivity index (χ0v) is 16.4. The normalized spacial score (nSPS) is 36.0. The first-order valence-electron chi connectivity index (χ1n) is 9.10. The van der Waals surface area contributed by atoms with E-state index in [1.54, 1.807) is 0 Å². The first-order valence-corrected chi connectivity index (χ1v) is 9.10. The number of aliphatic imine (C=N–C) groups is 1. The molecule has 4 rings (SSSR count). The molecule has 2 heterocycles. The average molecular weight is 435 g/mol. The zero-order chi connectivity index (χ0) is 15.2. The fourth-order valence-electron chi connectivity index (χ4n) is 5.06. The number of aliphatic hydroxyl groups excluding tert-OH is 1. The SMILES string of the molecule is CCN=C(NC1C2CCOC2C12CCC2)N1CCC(O)CC1.I. The molecule has 4 aliphatic rings. The Morgan fingerprint density at radius 2 is 2.04 bits per heavy atom. The van der Waals surface area contributed by atoms with Crippen LogP contribution in [0.5, 0.6) is 0 Å². The second-order valence-corrected chi connectivity index (χ2v) is 7.47. The molecule has 0 amide bonds. The van der Waals surface area contributed by atoms with Gasteiger partial charge in [-0.2, -0.15) is 0 Å². The second kappa shape index (κ2) is 7.04. The summed E-state index contributed by atoms with van der Waals surface area (Å²) in [6, 6.07) is 0.547. The van der Waals surface area contributed by atoms with Crippen LogP contribution in [0.1, 0.15) is 45.4 Å². The van der Waals surface area contributed by atoms with Gasteiger partial charge in [0.15, 0.2) is 5.96 Å². The Hall–Kier alpha value is -0.0800. The van der Waals surface area contributed by atoms with E-state index in [4.69, 9.17) is 9.73 Å². The van der Waals surface area contributed by atoms with Gasteiger partial charge in [-0.05, 0) is 39.0 Å².